The molecule has 3 fully saturated rings. The van der Waals surface area contributed by atoms with Crippen LogP contribution < -0.4 is 10.6 Å². The minimum atomic E-state index is -4.92. The Morgan fingerprint density at radius 2 is 1.71 bits per heavy atom. The van der Waals surface area contributed by atoms with Crippen molar-refractivity contribution in [3.05, 3.63) is 34.9 Å². The van der Waals surface area contributed by atoms with Crippen molar-refractivity contribution in [1.29, 1.82) is 0 Å². The maximum Gasteiger partial charge on any atom is 0.416 e. The van der Waals surface area contributed by atoms with Gasteiger partial charge in [-0.15, -0.1) is 0 Å². The molecule has 2 bridgehead atoms. The summed E-state index contributed by atoms with van der Waals surface area (Å²) in [5.41, 5.74) is -3.74. The second-order valence-corrected chi connectivity index (χ2v) is 10.2. The van der Waals surface area contributed by atoms with Crippen LogP contribution in [0, 0.1) is 11.3 Å². The quantitative estimate of drug-likeness (QED) is 0.520. The zero-order valence-electron chi connectivity index (χ0n) is 19.2. The number of hydrogen-bond acceptors (Lipinski definition) is 3. The fraction of sp³-hybridized carbons (Fsp3) is 0.708. The van der Waals surface area contributed by atoms with E-state index in [9.17, 15) is 31.1 Å². The number of amides is 1. The van der Waals surface area contributed by atoms with E-state index in [0.717, 1.165) is 25.7 Å². The zero-order valence-corrected chi connectivity index (χ0v) is 19.2. The molecule has 3 aliphatic rings. The number of halogens is 6. The molecule has 4 nitrogen and oxygen atoms in total. The molecule has 1 saturated carbocycles. The third-order valence-electron chi connectivity index (χ3n) is 7.76. The number of carbonyl (C=O) groups is 1. The smallest absolute Gasteiger partial charge is 0.373 e. The Labute approximate surface area is 194 Å². The van der Waals surface area contributed by atoms with Crippen LogP contribution in [0.25, 0.3) is 0 Å². The minimum Gasteiger partial charge on any atom is -0.373 e. The van der Waals surface area contributed by atoms with E-state index in [1.807, 2.05) is 13.8 Å². The van der Waals surface area contributed by atoms with Gasteiger partial charge in [-0.1, -0.05) is 13.8 Å². The summed E-state index contributed by atoms with van der Waals surface area (Å²) in [7, 11) is 0. The Bertz CT molecular complexity index is 883. The SMILES string of the molecule is CC(C)C1(C(=O)NCc2cc(C(F)(F)F)cc(C(F)(F)F)c2)CCC(NC2CC3CCC2O3)C1. The maximum atomic E-state index is 13.2. The predicted molar refractivity (Wildman–Crippen MR) is 113 cm³/mol. The van der Waals surface area contributed by atoms with Gasteiger partial charge in [0.2, 0.25) is 5.91 Å². The highest BCUT2D eigenvalue weighted by Gasteiger charge is 2.49. The number of benzene rings is 1. The third-order valence-corrected chi connectivity index (χ3v) is 7.76. The number of fused-ring (bicyclic) bond motifs is 2. The third kappa shape index (κ3) is 5.08. The van der Waals surface area contributed by atoms with Crippen molar-refractivity contribution >= 4 is 5.91 Å². The Morgan fingerprint density at radius 1 is 1.06 bits per heavy atom. The molecule has 190 valence electrons. The van der Waals surface area contributed by atoms with Crippen LogP contribution in [-0.4, -0.2) is 30.2 Å². The molecule has 4 rings (SSSR count). The van der Waals surface area contributed by atoms with Crippen molar-refractivity contribution in [3.8, 4) is 0 Å². The molecule has 1 amide bonds. The highest BCUT2D eigenvalue weighted by molar-refractivity contribution is 5.83. The minimum absolute atomic E-state index is 0.0391. The van der Waals surface area contributed by atoms with Gasteiger partial charge < -0.3 is 15.4 Å². The van der Waals surface area contributed by atoms with Gasteiger partial charge in [0.1, 0.15) is 0 Å². The predicted octanol–water partition coefficient (Wildman–Crippen LogP) is 5.44. The van der Waals surface area contributed by atoms with Crippen LogP contribution in [0.1, 0.15) is 69.1 Å². The molecule has 0 spiro atoms. The second kappa shape index (κ2) is 9.00. The molecule has 1 aromatic carbocycles. The monoisotopic (exact) mass is 492 g/mol. The van der Waals surface area contributed by atoms with Crippen molar-refractivity contribution in [2.45, 2.75) is 95.6 Å². The standard InChI is InChI=1S/C24H30F6N2O2/c1-13(2)22(6-5-17(11-22)32-19-10-18-3-4-20(19)34-18)21(33)31-12-14-7-15(23(25,26)27)9-16(8-14)24(28,29)30/h7-9,13,17-20,32H,3-6,10-12H2,1-2H3,(H,31,33). The van der Waals surface area contributed by atoms with Gasteiger partial charge in [0.25, 0.3) is 0 Å². The summed E-state index contributed by atoms with van der Waals surface area (Å²) in [4.78, 5) is 13.2. The number of ether oxygens (including phenoxy) is 1. The maximum absolute atomic E-state index is 13.2. The van der Waals surface area contributed by atoms with E-state index in [4.69, 9.17) is 4.74 Å². The summed E-state index contributed by atoms with van der Waals surface area (Å²) < 4.78 is 84.8. The highest BCUT2D eigenvalue weighted by atomic mass is 19.4. The van der Waals surface area contributed by atoms with Crippen LogP contribution >= 0.6 is 0 Å². The Kier molecular flexibility index (Phi) is 6.70. The van der Waals surface area contributed by atoms with Gasteiger partial charge >= 0.3 is 12.4 Å². The molecule has 2 saturated heterocycles. The summed E-state index contributed by atoms with van der Waals surface area (Å²) in [6, 6.07) is 1.79. The van der Waals surface area contributed by atoms with Gasteiger partial charge in [-0.25, -0.2) is 0 Å². The van der Waals surface area contributed by atoms with E-state index < -0.39 is 35.4 Å². The van der Waals surface area contributed by atoms with E-state index in [-0.39, 0.29) is 41.6 Å². The molecule has 34 heavy (non-hydrogen) atoms. The fourth-order valence-corrected chi connectivity index (χ4v) is 5.81. The number of rotatable bonds is 6. The summed E-state index contributed by atoms with van der Waals surface area (Å²) in [5, 5.41) is 6.28. The van der Waals surface area contributed by atoms with Crippen molar-refractivity contribution < 1.29 is 35.9 Å². The number of nitrogens with one attached hydrogen (secondary N) is 2. The second-order valence-electron chi connectivity index (χ2n) is 10.2. The summed E-state index contributed by atoms with van der Waals surface area (Å²) in [6.45, 7) is 3.45. The molecule has 10 heteroatoms. The molecular formula is C24H30F6N2O2. The largest absolute Gasteiger partial charge is 0.416 e. The van der Waals surface area contributed by atoms with Crippen molar-refractivity contribution in [3.63, 3.8) is 0 Å². The summed E-state index contributed by atoms with van der Waals surface area (Å²) in [5.74, 6) is -0.371. The van der Waals surface area contributed by atoms with Crippen LogP contribution in [0.2, 0.25) is 0 Å². The lowest BCUT2D eigenvalue weighted by Gasteiger charge is -2.33. The fourth-order valence-electron chi connectivity index (χ4n) is 5.81. The molecule has 5 unspecified atom stereocenters. The first-order chi connectivity index (χ1) is 15.8. The van der Waals surface area contributed by atoms with Gasteiger partial charge in [0.05, 0.1) is 28.7 Å². The first-order valence-electron chi connectivity index (χ1n) is 11.8. The average molecular weight is 493 g/mol. The van der Waals surface area contributed by atoms with Crippen LogP contribution in [0.4, 0.5) is 26.3 Å². The van der Waals surface area contributed by atoms with E-state index in [0.29, 0.717) is 31.1 Å². The van der Waals surface area contributed by atoms with E-state index in [2.05, 4.69) is 10.6 Å². The molecule has 2 heterocycles. The van der Waals surface area contributed by atoms with Crippen LogP contribution in [0.5, 0.6) is 0 Å². The zero-order chi connectivity index (χ0) is 24.9. The van der Waals surface area contributed by atoms with Crippen LogP contribution in [0.15, 0.2) is 18.2 Å². The molecule has 0 radical (unpaired) electrons. The lowest BCUT2D eigenvalue weighted by molar-refractivity contribution is -0.143. The number of hydrogen-bond donors (Lipinski definition) is 2. The number of alkyl halides is 6. The molecule has 1 aromatic rings. The van der Waals surface area contributed by atoms with Crippen LogP contribution in [-0.2, 0) is 28.4 Å². The van der Waals surface area contributed by atoms with E-state index >= 15 is 0 Å². The number of carbonyl (C=O) groups excluding carboxylic acids is 1. The topological polar surface area (TPSA) is 50.4 Å². The van der Waals surface area contributed by atoms with E-state index in [1.165, 1.54) is 0 Å². The van der Waals surface area contributed by atoms with Crippen molar-refractivity contribution in [2.24, 2.45) is 11.3 Å². The van der Waals surface area contributed by atoms with Crippen LogP contribution in [0.3, 0.4) is 0 Å². The molecule has 0 aromatic heterocycles. The highest BCUT2D eigenvalue weighted by Crippen LogP contribution is 2.46. The molecular weight excluding hydrogens is 462 g/mol. The van der Waals surface area contributed by atoms with E-state index in [1.54, 1.807) is 0 Å². The molecule has 1 aliphatic carbocycles. The van der Waals surface area contributed by atoms with Gasteiger partial charge in [-0.05, 0) is 68.2 Å². The Hall–Kier alpha value is -1.81. The molecule has 5 atom stereocenters. The first-order valence-corrected chi connectivity index (χ1v) is 11.8. The van der Waals surface area contributed by atoms with Gasteiger partial charge in [0, 0.05) is 18.6 Å². The summed E-state index contributed by atoms with van der Waals surface area (Å²) in [6.07, 6.45) is -4.32. The molecule has 2 aliphatic heterocycles. The lowest BCUT2D eigenvalue weighted by atomic mass is 9.74. The summed E-state index contributed by atoms with van der Waals surface area (Å²) >= 11 is 0. The average Bonchev–Trinajstić information content (AvgIpc) is 3.47. The molecule has 2 N–H and O–H groups in total. The van der Waals surface area contributed by atoms with Crippen molar-refractivity contribution in [2.75, 3.05) is 0 Å². The van der Waals surface area contributed by atoms with Gasteiger partial charge in [0.15, 0.2) is 0 Å². The van der Waals surface area contributed by atoms with Gasteiger partial charge in [-0.2, -0.15) is 26.3 Å². The first kappa shape index (κ1) is 25.3. The van der Waals surface area contributed by atoms with Crippen molar-refractivity contribution in [1.82, 2.24) is 10.6 Å². The van der Waals surface area contributed by atoms with Gasteiger partial charge in [-0.3, -0.25) is 4.79 Å². The Balaban J connectivity index is 1.44. The Morgan fingerprint density at radius 3 is 2.21 bits per heavy atom. The normalized spacial score (nSPS) is 31.4. The lowest BCUT2D eigenvalue weighted by Crippen LogP contribution is -2.46.